The summed E-state index contributed by atoms with van der Waals surface area (Å²) in [5, 5.41) is 0. The van der Waals surface area contributed by atoms with E-state index in [4.69, 9.17) is 4.74 Å². The molecule has 9 heteroatoms. The molecule has 0 spiro atoms. The average molecular weight is 337 g/mol. The van der Waals surface area contributed by atoms with Gasteiger partial charge in [-0.3, -0.25) is 0 Å². The number of aromatic nitrogens is 1. The number of nitrogens with zero attached hydrogens (tertiary/aromatic N) is 1. The van der Waals surface area contributed by atoms with Gasteiger partial charge in [0.2, 0.25) is 5.88 Å². The lowest BCUT2D eigenvalue weighted by atomic mass is 10.00. The van der Waals surface area contributed by atoms with Crippen molar-refractivity contribution in [2.75, 3.05) is 7.11 Å². The number of rotatable bonds is 3. The van der Waals surface area contributed by atoms with Crippen LogP contribution in [-0.4, -0.2) is 18.5 Å². The second-order valence-corrected chi connectivity index (χ2v) is 4.28. The topological polar surface area (TPSA) is 31.4 Å². The zero-order chi connectivity index (χ0) is 17.3. The molecule has 0 radical (unpaired) electrons. The van der Waals surface area contributed by atoms with Gasteiger partial charge in [-0.2, -0.15) is 13.2 Å². The Labute approximate surface area is 126 Å². The third kappa shape index (κ3) is 3.85. The van der Waals surface area contributed by atoms with Gasteiger partial charge in [0, 0.05) is 11.8 Å². The molecule has 0 saturated heterocycles. The molecule has 2 aromatic rings. The summed E-state index contributed by atoms with van der Waals surface area (Å²) in [7, 11) is 1.07. The molecule has 0 N–H and O–H groups in total. The maximum Gasteiger partial charge on any atom is 0.573 e. The van der Waals surface area contributed by atoms with Crippen LogP contribution in [0.4, 0.5) is 26.3 Å². The largest absolute Gasteiger partial charge is 0.573 e. The highest BCUT2D eigenvalue weighted by molar-refractivity contribution is 5.77. The van der Waals surface area contributed by atoms with Crippen molar-refractivity contribution in [3.05, 3.63) is 42.1 Å². The highest BCUT2D eigenvalue weighted by Crippen LogP contribution is 2.44. The number of para-hydroxylation sites is 1. The normalized spacial score (nSPS) is 12.1. The van der Waals surface area contributed by atoms with Gasteiger partial charge in [0.05, 0.1) is 18.2 Å². The lowest BCUT2D eigenvalue weighted by Crippen LogP contribution is -2.18. The Balaban J connectivity index is 2.72. The van der Waals surface area contributed by atoms with Gasteiger partial charge in [0.25, 0.3) is 0 Å². The van der Waals surface area contributed by atoms with Gasteiger partial charge in [0.15, 0.2) is 0 Å². The van der Waals surface area contributed by atoms with Crippen molar-refractivity contribution in [2.45, 2.75) is 12.5 Å². The fourth-order valence-electron chi connectivity index (χ4n) is 1.98. The average Bonchev–Trinajstić information content (AvgIpc) is 2.44. The van der Waals surface area contributed by atoms with Crippen LogP contribution in [-0.2, 0) is 6.18 Å². The molecule has 0 atom stereocenters. The molecule has 2 rings (SSSR count). The number of ether oxygens (including phenoxy) is 2. The number of hydrogen-bond donors (Lipinski definition) is 0. The second-order valence-electron chi connectivity index (χ2n) is 4.28. The van der Waals surface area contributed by atoms with E-state index < -0.39 is 40.9 Å². The first-order valence-corrected chi connectivity index (χ1v) is 6.09. The third-order valence-corrected chi connectivity index (χ3v) is 2.80. The van der Waals surface area contributed by atoms with E-state index in [0.29, 0.717) is 6.07 Å². The summed E-state index contributed by atoms with van der Waals surface area (Å²) in [5.74, 6) is -1.24. The first kappa shape index (κ1) is 16.9. The van der Waals surface area contributed by atoms with Gasteiger partial charge >= 0.3 is 12.5 Å². The van der Waals surface area contributed by atoms with Crippen LogP contribution in [0.15, 0.2) is 36.5 Å². The standard InChI is InChI=1S/C14H9F6NO2/c1-22-12-11(9(6-7-21-12)13(15,16)17)8-4-2-3-5-10(8)23-14(18,19)20/h2-7H,1H3. The van der Waals surface area contributed by atoms with Crippen LogP contribution < -0.4 is 9.47 Å². The Kier molecular flexibility index (Phi) is 4.39. The van der Waals surface area contributed by atoms with Crippen LogP contribution in [0.1, 0.15) is 5.56 Å². The second kappa shape index (κ2) is 5.98. The van der Waals surface area contributed by atoms with Crippen LogP contribution in [0.3, 0.4) is 0 Å². The van der Waals surface area contributed by atoms with Crippen LogP contribution in [0, 0.1) is 0 Å². The molecule has 0 aliphatic heterocycles. The van der Waals surface area contributed by atoms with Gasteiger partial charge in [0.1, 0.15) is 5.75 Å². The SMILES string of the molecule is COc1nccc(C(F)(F)F)c1-c1ccccc1OC(F)(F)F. The summed E-state index contributed by atoms with van der Waals surface area (Å²) < 4.78 is 85.5. The van der Waals surface area contributed by atoms with Gasteiger partial charge in [-0.1, -0.05) is 18.2 Å². The summed E-state index contributed by atoms with van der Waals surface area (Å²) >= 11 is 0. The fraction of sp³-hybridized carbons (Fsp3) is 0.214. The Morgan fingerprint density at radius 3 is 2.17 bits per heavy atom. The summed E-state index contributed by atoms with van der Waals surface area (Å²) in [6, 6.07) is 5.12. The van der Waals surface area contributed by atoms with Gasteiger partial charge in [-0.25, -0.2) is 4.98 Å². The molecule has 1 aromatic heterocycles. The molecule has 1 heterocycles. The van der Waals surface area contributed by atoms with Crippen molar-refractivity contribution in [1.29, 1.82) is 0 Å². The molecule has 0 bridgehead atoms. The number of hydrogen-bond acceptors (Lipinski definition) is 3. The third-order valence-electron chi connectivity index (χ3n) is 2.80. The Morgan fingerprint density at radius 2 is 1.61 bits per heavy atom. The summed E-state index contributed by atoms with van der Waals surface area (Å²) in [4.78, 5) is 3.63. The predicted molar refractivity (Wildman–Crippen MR) is 67.9 cm³/mol. The molecule has 3 nitrogen and oxygen atoms in total. The Morgan fingerprint density at radius 1 is 0.957 bits per heavy atom. The van der Waals surface area contributed by atoms with E-state index in [0.717, 1.165) is 25.4 Å². The summed E-state index contributed by atoms with van der Waals surface area (Å²) in [6.45, 7) is 0. The van der Waals surface area contributed by atoms with Gasteiger partial charge in [-0.15, -0.1) is 13.2 Å². The molecule has 23 heavy (non-hydrogen) atoms. The summed E-state index contributed by atoms with van der Waals surface area (Å²) in [5.41, 5.74) is -2.23. The molecular formula is C14H9F6NO2. The maximum absolute atomic E-state index is 13.2. The molecule has 0 unspecified atom stereocenters. The lowest BCUT2D eigenvalue weighted by Gasteiger charge is -2.18. The van der Waals surface area contributed by atoms with E-state index in [1.165, 1.54) is 12.1 Å². The van der Waals surface area contributed by atoms with E-state index in [9.17, 15) is 26.3 Å². The number of pyridine rings is 1. The minimum absolute atomic E-state index is 0.429. The van der Waals surface area contributed by atoms with Crippen molar-refractivity contribution >= 4 is 0 Å². The van der Waals surface area contributed by atoms with E-state index >= 15 is 0 Å². The van der Waals surface area contributed by atoms with E-state index in [-0.39, 0.29) is 0 Å². The Bertz CT molecular complexity index is 696. The maximum atomic E-state index is 13.2. The number of benzene rings is 1. The Hall–Kier alpha value is -2.45. The number of halogens is 6. The first-order chi connectivity index (χ1) is 10.6. The molecule has 0 aliphatic rings. The molecule has 0 aliphatic carbocycles. The van der Waals surface area contributed by atoms with Crippen LogP contribution in [0.5, 0.6) is 11.6 Å². The molecule has 124 valence electrons. The molecular weight excluding hydrogens is 328 g/mol. The van der Waals surface area contributed by atoms with Crippen LogP contribution >= 0.6 is 0 Å². The minimum Gasteiger partial charge on any atom is -0.481 e. The van der Waals surface area contributed by atoms with Crippen LogP contribution in [0.2, 0.25) is 0 Å². The zero-order valence-corrected chi connectivity index (χ0v) is 11.5. The quantitative estimate of drug-likeness (QED) is 0.763. The van der Waals surface area contributed by atoms with Gasteiger partial charge in [-0.05, 0) is 12.1 Å². The van der Waals surface area contributed by atoms with Crippen molar-refractivity contribution in [3.63, 3.8) is 0 Å². The molecule has 0 amide bonds. The van der Waals surface area contributed by atoms with E-state index in [2.05, 4.69) is 9.72 Å². The molecule has 1 aromatic carbocycles. The lowest BCUT2D eigenvalue weighted by molar-refractivity contribution is -0.274. The van der Waals surface area contributed by atoms with E-state index in [1.807, 2.05) is 0 Å². The van der Waals surface area contributed by atoms with Crippen LogP contribution in [0.25, 0.3) is 11.1 Å². The first-order valence-electron chi connectivity index (χ1n) is 6.09. The minimum atomic E-state index is -5.05. The zero-order valence-electron chi connectivity index (χ0n) is 11.5. The fourth-order valence-corrected chi connectivity index (χ4v) is 1.98. The highest BCUT2D eigenvalue weighted by Gasteiger charge is 2.38. The van der Waals surface area contributed by atoms with Crippen molar-refractivity contribution in [3.8, 4) is 22.8 Å². The summed E-state index contributed by atoms with van der Waals surface area (Å²) in [6.07, 6.45) is -9.00. The highest BCUT2D eigenvalue weighted by atomic mass is 19.4. The molecule has 0 fully saturated rings. The molecule has 0 saturated carbocycles. The van der Waals surface area contributed by atoms with Gasteiger partial charge < -0.3 is 9.47 Å². The number of methoxy groups -OCH3 is 1. The monoisotopic (exact) mass is 337 g/mol. The number of alkyl halides is 6. The van der Waals surface area contributed by atoms with Crippen molar-refractivity contribution < 1.29 is 35.8 Å². The van der Waals surface area contributed by atoms with E-state index in [1.54, 1.807) is 0 Å². The van der Waals surface area contributed by atoms with Crippen molar-refractivity contribution in [2.24, 2.45) is 0 Å². The van der Waals surface area contributed by atoms with Crippen molar-refractivity contribution in [1.82, 2.24) is 4.98 Å². The predicted octanol–water partition coefficient (Wildman–Crippen LogP) is 4.67. The smallest absolute Gasteiger partial charge is 0.481 e.